The van der Waals surface area contributed by atoms with E-state index in [9.17, 15) is 23.3 Å². The van der Waals surface area contributed by atoms with Crippen LogP contribution in [0, 0.1) is 10.1 Å². The number of benzene rings is 1. The van der Waals surface area contributed by atoms with E-state index in [1.807, 2.05) is 4.90 Å². The fourth-order valence-corrected chi connectivity index (χ4v) is 4.82. The lowest BCUT2D eigenvalue weighted by atomic mass is 9.88. The van der Waals surface area contributed by atoms with Gasteiger partial charge in [-0.05, 0) is 6.07 Å². The molecule has 0 spiro atoms. The summed E-state index contributed by atoms with van der Waals surface area (Å²) in [5.74, 6) is -0.429. The van der Waals surface area contributed by atoms with Crippen LogP contribution in [0.5, 0.6) is 0 Å². The van der Waals surface area contributed by atoms with Crippen LogP contribution in [-0.2, 0) is 14.8 Å². The van der Waals surface area contributed by atoms with Crippen molar-refractivity contribution in [3.8, 4) is 0 Å². The van der Waals surface area contributed by atoms with Crippen LogP contribution in [0.4, 0.5) is 5.69 Å². The van der Waals surface area contributed by atoms with Crippen LogP contribution in [0.3, 0.4) is 0 Å². The summed E-state index contributed by atoms with van der Waals surface area (Å²) in [5, 5.41) is 14.1. The number of sulfonamides is 1. The summed E-state index contributed by atoms with van der Waals surface area (Å²) >= 11 is 0. The molecule has 0 radical (unpaired) electrons. The predicted molar refractivity (Wildman–Crippen MR) is 88.2 cm³/mol. The number of rotatable bonds is 5. The van der Waals surface area contributed by atoms with Crippen LogP contribution < -0.4 is 11.1 Å². The molecule has 1 aromatic rings. The number of nitrogens with one attached hydrogen (secondary N) is 1. The highest BCUT2D eigenvalue weighted by Gasteiger charge is 2.49. The number of para-hydroxylation sites is 1. The number of nitro benzene ring substituents is 1. The molecule has 25 heavy (non-hydrogen) atoms. The minimum atomic E-state index is -3.98. The minimum Gasteiger partial charge on any atom is -0.368 e. The van der Waals surface area contributed by atoms with E-state index in [1.54, 1.807) is 0 Å². The number of amides is 1. The maximum atomic E-state index is 12.8. The molecule has 0 aliphatic carbocycles. The van der Waals surface area contributed by atoms with Crippen molar-refractivity contribution in [1.82, 2.24) is 14.5 Å². The molecule has 0 atom stereocenters. The van der Waals surface area contributed by atoms with Gasteiger partial charge < -0.3 is 11.1 Å². The molecule has 2 aliphatic heterocycles. The maximum absolute atomic E-state index is 12.8. The minimum absolute atomic E-state index is 0.142. The molecule has 0 aromatic heterocycles. The lowest BCUT2D eigenvalue weighted by Gasteiger charge is -2.50. The van der Waals surface area contributed by atoms with Gasteiger partial charge in [-0.1, -0.05) is 12.1 Å². The first kappa shape index (κ1) is 17.7. The van der Waals surface area contributed by atoms with Gasteiger partial charge in [0.2, 0.25) is 15.9 Å². The van der Waals surface area contributed by atoms with E-state index < -0.39 is 32.1 Å². The standard InChI is InChI=1S/C14H19N5O5S/c15-13(20)14(9-16-10-14)17-5-7-18(8-6-17)25(23,24)12-4-2-1-3-11(12)19(21)22/h1-4,16H,5-10H2,(H2,15,20). The molecule has 1 amide bonds. The highest BCUT2D eigenvalue weighted by molar-refractivity contribution is 7.89. The molecule has 3 rings (SSSR count). The van der Waals surface area contributed by atoms with Crippen LogP contribution in [0.15, 0.2) is 29.2 Å². The highest BCUT2D eigenvalue weighted by Crippen LogP contribution is 2.28. The predicted octanol–water partition coefficient (Wildman–Crippen LogP) is -1.27. The monoisotopic (exact) mass is 369 g/mol. The Kier molecular flexibility index (Phi) is 4.49. The number of primary amides is 1. The summed E-state index contributed by atoms with van der Waals surface area (Å²) in [6, 6.07) is 5.29. The molecule has 2 fully saturated rings. The summed E-state index contributed by atoms with van der Waals surface area (Å²) in [7, 11) is -3.98. The van der Waals surface area contributed by atoms with E-state index in [-0.39, 0.29) is 18.0 Å². The summed E-state index contributed by atoms with van der Waals surface area (Å²) < 4.78 is 26.8. The summed E-state index contributed by atoms with van der Waals surface area (Å²) in [6.45, 7) is 1.85. The van der Waals surface area contributed by atoms with Gasteiger partial charge in [-0.2, -0.15) is 4.31 Å². The van der Waals surface area contributed by atoms with Crippen LogP contribution in [0.2, 0.25) is 0 Å². The second-order valence-electron chi connectivity index (χ2n) is 6.12. The van der Waals surface area contributed by atoms with Gasteiger partial charge in [0.15, 0.2) is 4.90 Å². The SMILES string of the molecule is NC(=O)C1(N2CCN(S(=O)(=O)c3ccccc3[N+](=O)[O-])CC2)CNC1. The normalized spacial score (nSPS) is 21.4. The number of nitrogens with two attached hydrogens (primary N) is 1. The third-order valence-corrected chi connectivity index (χ3v) is 6.76. The quantitative estimate of drug-likeness (QED) is 0.487. The van der Waals surface area contributed by atoms with Crippen LogP contribution in [0.25, 0.3) is 0 Å². The van der Waals surface area contributed by atoms with E-state index in [0.29, 0.717) is 26.2 Å². The molecular formula is C14H19N5O5S. The van der Waals surface area contributed by atoms with Gasteiger partial charge in [-0.3, -0.25) is 19.8 Å². The van der Waals surface area contributed by atoms with Crippen molar-refractivity contribution in [3.63, 3.8) is 0 Å². The van der Waals surface area contributed by atoms with Crippen molar-refractivity contribution in [2.75, 3.05) is 39.3 Å². The molecule has 2 aliphatic rings. The molecule has 2 heterocycles. The number of hydrogen-bond donors (Lipinski definition) is 2. The highest BCUT2D eigenvalue weighted by atomic mass is 32.2. The van der Waals surface area contributed by atoms with Crippen LogP contribution in [-0.4, -0.2) is 73.3 Å². The van der Waals surface area contributed by atoms with Crippen molar-refractivity contribution in [2.45, 2.75) is 10.4 Å². The molecule has 0 saturated carbocycles. The summed E-state index contributed by atoms with van der Waals surface area (Å²) in [6.07, 6.45) is 0. The van der Waals surface area contributed by atoms with Crippen molar-refractivity contribution in [1.29, 1.82) is 0 Å². The Labute approximate surface area is 144 Å². The first-order valence-electron chi connectivity index (χ1n) is 7.78. The first-order valence-corrected chi connectivity index (χ1v) is 9.22. The zero-order valence-corrected chi connectivity index (χ0v) is 14.2. The van der Waals surface area contributed by atoms with Gasteiger partial charge in [-0.15, -0.1) is 0 Å². The molecule has 2 saturated heterocycles. The van der Waals surface area contributed by atoms with Crippen molar-refractivity contribution in [3.05, 3.63) is 34.4 Å². The number of carbonyl (C=O) groups excluding carboxylic acids is 1. The number of nitrogens with zero attached hydrogens (tertiary/aromatic N) is 3. The molecule has 1 aromatic carbocycles. The fraction of sp³-hybridized carbons (Fsp3) is 0.500. The third kappa shape index (κ3) is 2.88. The van der Waals surface area contributed by atoms with E-state index in [2.05, 4.69) is 5.32 Å². The molecule has 3 N–H and O–H groups in total. The molecule has 11 heteroatoms. The zero-order valence-electron chi connectivity index (χ0n) is 13.4. The number of hydrogen-bond acceptors (Lipinski definition) is 7. The second-order valence-corrected chi connectivity index (χ2v) is 8.02. The smallest absolute Gasteiger partial charge is 0.289 e. The van der Waals surface area contributed by atoms with Gasteiger partial charge in [0, 0.05) is 45.3 Å². The van der Waals surface area contributed by atoms with E-state index in [4.69, 9.17) is 5.73 Å². The number of carbonyl (C=O) groups is 1. The topological polar surface area (TPSA) is 139 Å². The first-order chi connectivity index (χ1) is 11.8. The van der Waals surface area contributed by atoms with Crippen molar-refractivity contribution >= 4 is 21.6 Å². The van der Waals surface area contributed by atoms with E-state index >= 15 is 0 Å². The molecule has 10 nitrogen and oxygen atoms in total. The van der Waals surface area contributed by atoms with Crippen molar-refractivity contribution < 1.29 is 18.1 Å². The largest absolute Gasteiger partial charge is 0.368 e. The molecule has 136 valence electrons. The summed E-state index contributed by atoms with van der Waals surface area (Å²) in [5.41, 5.74) is 4.29. The van der Waals surface area contributed by atoms with Gasteiger partial charge in [0.25, 0.3) is 5.69 Å². The maximum Gasteiger partial charge on any atom is 0.289 e. The lowest BCUT2D eigenvalue weighted by molar-refractivity contribution is -0.387. The summed E-state index contributed by atoms with van der Waals surface area (Å²) in [4.78, 5) is 23.7. The Bertz CT molecular complexity index is 800. The third-order valence-electron chi connectivity index (χ3n) is 4.82. The van der Waals surface area contributed by atoms with Gasteiger partial charge in [-0.25, -0.2) is 8.42 Å². The van der Waals surface area contributed by atoms with Gasteiger partial charge in [0.1, 0.15) is 5.54 Å². The molecule has 0 bridgehead atoms. The van der Waals surface area contributed by atoms with Gasteiger partial charge >= 0.3 is 0 Å². The zero-order chi connectivity index (χ0) is 18.2. The Hall–Kier alpha value is -2.08. The lowest BCUT2D eigenvalue weighted by Crippen LogP contribution is -2.76. The average Bonchev–Trinajstić information content (AvgIpc) is 2.54. The Morgan fingerprint density at radius 2 is 1.80 bits per heavy atom. The van der Waals surface area contributed by atoms with Gasteiger partial charge in [0.05, 0.1) is 4.92 Å². The second kappa shape index (κ2) is 6.33. The van der Waals surface area contributed by atoms with E-state index in [1.165, 1.54) is 28.6 Å². The molecular weight excluding hydrogens is 350 g/mol. The Morgan fingerprint density at radius 1 is 1.20 bits per heavy atom. The Balaban J connectivity index is 1.79. The van der Waals surface area contributed by atoms with Crippen LogP contribution in [0.1, 0.15) is 0 Å². The number of piperazine rings is 1. The number of nitro groups is 1. The molecule has 0 unspecified atom stereocenters. The average molecular weight is 369 g/mol. The van der Waals surface area contributed by atoms with Crippen molar-refractivity contribution in [2.24, 2.45) is 5.73 Å². The van der Waals surface area contributed by atoms with E-state index in [0.717, 1.165) is 0 Å². The Morgan fingerprint density at radius 3 is 2.28 bits per heavy atom. The fourth-order valence-electron chi connectivity index (χ4n) is 3.24. The van der Waals surface area contributed by atoms with Crippen LogP contribution >= 0.6 is 0 Å².